The SMILES string of the molecule is c1ccc2c(c1)Sc1ccc(-c3ccc(-c4cccc5oc6ccccc6c45)o3)c3cccc-2c13. The largest absolute Gasteiger partial charge is 0.456 e. The second kappa shape index (κ2) is 7.14. The van der Waals surface area contributed by atoms with Gasteiger partial charge in [-0.05, 0) is 59.0 Å². The Hall–Kier alpha value is -4.21. The van der Waals surface area contributed by atoms with Gasteiger partial charge in [0.2, 0.25) is 0 Å². The molecule has 3 heteroatoms. The minimum absolute atomic E-state index is 0.845. The molecule has 0 N–H and O–H groups in total. The van der Waals surface area contributed by atoms with Gasteiger partial charge in [0.15, 0.2) is 0 Å². The van der Waals surface area contributed by atoms with E-state index in [9.17, 15) is 0 Å². The molecule has 164 valence electrons. The molecule has 0 bridgehead atoms. The number of rotatable bonds is 2. The highest BCUT2D eigenvalue weighted by Crippen LogP contribution is 2.50. The van der Waals surface area contributed by atoms with Gasteiger partial charge in [-0.1, -0.05) is 78.5 Å². The third kappa shape index (κ3) is 2.73. The van der Waals surface area contributed by atoms with Gasteiger partial charge in [0.1, 0.15) is 22.7 Å². The smallest absolute Gasteiger partial charge is 0.136 e. The van der Waals surface area contributed by atoms with E-state index in [0.717, 1.165) is 44.6 Å². The van der Waals surface area contributed by atoms with Crippen LogP contribution < -0.4 is 0 Å². The molecule has 35 heavy (non-hydrogen) atoms. The maximum absolute atomic E-state index is 6.54. The van der Waals surface area contributed by atoms with Gasteiger partial charge < -0.3 is 8.83 Å². The highest BCUT2D eigenvalue weighted by molar-refractivity contribution is 7.99. The van der Waals surface area contributed by atoms with Crippen molar-refractivity contribution in [1.82, 2.24) is 0 Å². The summed E-state index contributed by atoms with van der Waals surface area (Å²) in [6.45, 7) is 0. The maximum Gasteiger partial charge on any atom is 0.136 e. The topological polar surface area (TPSA) is 26.3 Å². The fraction of sp³-hybridized carbons (Fsp3) is 0. The molecular formula is C32H18O2S. The summed E-state index contributed by atoms with van der Waals surface area (Å²) in [5.41, 5.74) is 6.51. The summed E-state index contributed by atoms with van der Waals surface area (Å²) in [6, 6.07) is 38.1. The molecule has 0 aliphatic carbocycles. The highest BCUT2D eigenvalue weighted by atomic mass is 32.2. The molecule has 3 heterocycles. The molecule has 1 aliphatic heterocycles. The summed E-state index contributed by atoms with van der Waals surface area (Å²) >= 11 is 1.84. The van der Waals surface area contributed by atoms with Crippen molar-refractivity contribution in [2.75, 3.05) is 0 Å². The Morgan fingerprint density at radius 3 is 2.09 bits per heavy atom. The van der Waals surface area contributed by atoms with Crippen LogP contribution in [0.3, 0.4) is 0 Å². The Balaban J connectivity index is 1.33. The normalized spacial score (nSPS) is 12.5. The van der Waals surface area contributed by atoms with Crippen molar-refractivity contribution in [2.45, 2.75) is 9.79 Å². The Kier molecular flexibility index (Phi) is 3.91. The zero-order chi connectivity index (χ0) is 22.9. The van der Waals surface area contributed by atoms with Crippen molar-refractivity contribution in [1.29, 1.82) is 0 Å². The predicted octanol–water partition coefficient (Wildman–Crippen LogP) is 9.80. The van der Waals surface area contributed by atoms with Crippen molar-refractivity contribution in [2.24, 2.45) is 0 Å². The molecule has 0 fully saturated rings. The van der Waals surface area contributed by atoms with Crippen LogP contribution in [0.25, 0.3) is 66.5 Å². The molecule has 5 aromatic carbocycles. The third-order valence-corrected chi connectivity index (χ3v) is 8.08. The number of hydrogen-bond donors (Lipinski definition) is 0. The molecule has 0 unspecified atom stereocenters. The first kappa shape index (κ1) is 19.1. The first-order valence-corrected chi connectivity index (χ1v) is 12.5. The fourth-order valence-corrected chi connectivity index (χ4v) is 6.53. The van der Waals surface area contributed by atoms with Gasteiger partial charge >= 0.3 is 0 Å². The molecular weight excluding hydrogens is 448 g/mol. The van der Waals surface area contributed by atoms with Crippen LogP contribution in [-0.4, -0.2) is 0 Å². The first-order chi connectivity index (χ1) is 17.3. The van der Waals surface area contributed by atoms with Crippen LogP contribution in [-0.2, 0) is 0 Å². The Bertz CT molecular complexity index is 1940. The molecule has 2 aromatic heterocycles. The monoisotopic (exact) mass is 466 g/mol. The van der Waals surface area contributed by atoms with E-state index in [0.29, 0.717) is 0 Å². The summed E-state index contributed by atoms with van der Waals surface area (Å²) in [5, 5.41) is 4.71. The van der Waals surface area contributed by atoms with Gasteiger partial charge in [-0.3, -0.25) is 0 Å². The predicted molar refractivity (Wildman–Crippen MR) is 144 cm³/mol. The Morgan fingerprint density at radius 2 is 1.11 bits per heavy atom. The molecule has 7 aromatic rings. The van der Waals surface area contributed by atoms with Crippen LogP contribution >= 0.6 is 11.8 Å². The summed E-state index contributed by atoms with van der Waals surface area (Å²) < 4.78 is 12.6. The van der Waals surface area contributed by atoms with Gasteiger partial charge in [-0.25, -0.2) is 0 Å². The number of furan rings is 2. The highest BCUT2D eigenvalue weighted by Gasteiger charge is 2.21. The Labute approximate surface area is 205 Å². The number of fused-ring (bicyclic) bond motifs is 5. The quantitative estimate of drug-likeness (QED) is 0.254. The molecule has 2 nitrogen and oxygen atoms in total. The lowest BCUT2D eigenvalue weighted by Gasteiger charge is -2.21. The van der Waals surface area contributed by atoms with Crippen molar-refractivity contribution in [3.63, 3.8) is 0 Å². The first-order valence-electron chi connectivity index (χ1n) is 11.7. The van der Waals surface area contributed by atoms with Crippen LogP contribution in [0.1, 0.15) is 0 Å². The summed E-state index contributed by atoms with van der Waals surface area (Å²) in [4.78, 5) is 2.60. The Morgan fingerprint density at radius 1 is 0.400 bits per heavy atom. The summed E-state index contributed by atoms with van der Waals surface area (Å²) in [7, 11) is 0. The van der Waals surface area contributed by atoms with Crippen LogP contribution in [0.4, 0.5) is 0 Å². The number of para-hydroxylation sites is 1. The second-order valence-electron chi connectivity index (χ2n) is 8.88. The van der Waals surface area contributed by atoms with Crippen molar-refractivity contribution in [3.8, 4) is 33.8 Å². The number of hydrogen-bond acceptors (Lipinski definition) is 3. The van der Waals surface area contributed by atoms with E-state index in [1.54, 1.807) is 0 Å². The average molecular weight is 467 g/mol. The van der Waals surface area contributed by atoms with Crippen molar-refractivity contribution < 1.29 is 8.83 Å². The van der Waals surface area contributed by atoms with E-state index in [1.165, 1.54) is 31.7 Å². The standard InChI is InChI=1S/C32H18O2S/c1-3-12-25-23(8-1)31-24(11-6-13-28(31)34-25)27-17-16-26(33-27)19-15-18-30-32-21(19)9-5-10-22(32)20-7-2-4-14-29(20)35-30/h1-18H. The average Bonchev–Trinajstić information content (AvgIpc) is 3.54. The minimum Gasteiger partial charge on any atom is -0.456 e. The molecule has 0 atom stereocenters. The maximum atomic E-state index is 6.54. The molecule has 0 amide bonds. The van der Waals surface area contributed by atoms with E-state index in [1.807, 2.05) is 42.1 Å². The summed E-state index contributed by atoms with van der Waals surface area (Å²) in [6.07, 6.45) is 0. The van der Waals surface area contributed by atoms with Crippen molar-refractivity contribution in [3.05, 3.63) is 109 Å². The van der Waals surface area contributed by atoms with Gasteiger partial charge in [0, 0.05) is 37.1 Å². The fourth-order valence-electron chi connectivity index (χ4n) is 5.40. The van der Waals surface area contributed by atoms with Crippen LogP contribution in [0.5, 0.6) is 0 Å². The van der Waals surface area contributed by atoms with E-state index in [2.05, 4.69) is 78.9 Å². The van der Waals surface area contributed by atoms with E-state index in [-0.39, 0.29) is 0 Å². The van der Waals surface area contributed by atoms with Gasteiger partial charge in [-0.15, -0.1) is 0 Å². The lowest BCUT2D eigenvalue weighted by molar-refractivity contribution is 0.598. The van der Waals surface area contributed by atoms with Gasteiger partial charge in [-0.2, -0.15) is 0 Å². The lowest BCUT2D eigenvalue weighted by atomic mass is 9.94. The molecule has 0 radical (unpaired) electrons. The van der Waals surface area contributed by atoms with Gasteiger partial charge in [0.25, 0.3) is 0 Å². The second-order valence-corrected chi connectivity index (χ2v) is 9.96. The minimum atomic E-state index is 0.845. The van der Waals surface area contributed by atoms with Crippen LogP contribution in [0.15, 0.2) is 128 Å². The lowest BCUT2D eigenvalue weighted by Crippen LogP contribution is -1.93. The van der Waals surface area contributed by atoms with Gasteiger partial charge in [0.05, 0.1) is 0 Å². The zero-order valence-corrected chi connectivity index (χ0v) is 19.4. The van der Waals surface area contributed by atoms with Crippen LogP contribution in [0.2, 0.25) is 0 Å². The molecule has 1 aliphatic rings. The van der Waals surface area contributed by atoms with Crippen LogP contribution in [0, 0.1) is 0 Å². The molecule has 0 saturated carbocycles. The molecule has 0 spiro atoms. The van der Waals surface area contributed by atoms with E-state index >= 15 is 0 Å². The molecule has 8 rings (SSSR count). The third-order valence-electron chi connectivity index (χ3n) is 6.94. The van der Waals surface area contributed by atoms with E-state index < -0.39 is 0 Å². The zero-order valence-electron chi connectivity index (χ0n) is 18.6. The summed E-state index contributed by atoms with van der Waals surface area (Å²) in [5.74, 6) is 1.72. The van der Waals surface area contributed by atoms with E-state index in [4.69, 9.17) is 8.83 Å². The number of benzene rings is 5. The molecule has 0 saturated heterocycles. The van der Waals surface area contributed by atoms with Crippen molar-refractivity contribution >= 4 is 44.5 Å².